The highest BCUT2D eigenvalue weighted by molar-refractivity contribution is 9.09. The molecular weight excluding hydrogens is 200 g/mol. The standard InChI is InChI=1S/C10H19Br/c1-7(2)9-5-4-8(3)6-10(9)11/h7-10H,4-6H2,1-3H3/t8-,9+,10-/m0/s1. The molecule has 11 heavy (non-hydrogen) atoms. The van der Waals surface area contributed by atoms with Crippen LogP contribution in [-0.2, 0) is 0 Å². The number of alkyl halides is 1. The van der Waals surface area contributed by atoms with Gasteiger partial charge in [-0.3, -0.25) is 0 Å². The van der Waals surface area contributed by atoms with Gasteiger partial charge < -0.3 is 0 Å². The molecule has 0 nitrogen and oxygen atoms in total. The molecular formula is C10H19Br. The Hall–Kier alpha value is 0.480. The summed E-state index contributed by atoms with van der Waals surface area (Å²) in [5.41, 5.74) is 0. The van der Waals surface area contributed by atoms with Crippen molar-refractivity contribution in [3.05, 3.63) is 0 Å². The van der Waals surface area contributed by atoms with Crippen molar-refractivity contribution in [2.75, 3.05) is 0 Å². The van der Waals surface area contributed by atoms with E-state index in [4.69, 9.17) is 0 Å². The zero-order valence-electron chi connectivity index (χ0n) is 7.81. The van der Waals surface area contributed by atoms with Gasteiger partial charge in [-0.2, -0.15) is 0 Å². The number of halogens is 1. The lowest BCUT2D eigenvalue weighted by molar-refractivity contribution is 0.247. The summed E-state index contributed by atoms with van der Waals surface area (Å²) < 4.78 is 0. The van der Waals surface area contributed by atoms with Crippen molar-refractivity contribution in [3.63, 3.8) is 0 Å². The number of rotatable bonds is 1. The van der Waals surface area contributed by atoms with E-state index in [0.717, 1.165) is 22.6 Å². The van der Waals surface area contributed by atoms with Crippen LogP contribution in [0, 0.1) is 17.8 Å². The lowest BCUT2D eigenvalue weighted by Crippen LogP contribution is -2.27. The molecule has 0 saturated heterocycles. The van der Waals surface area contributed by atoms with E-state index in [1.807, 2.05) is 0 Å². The Morgan fingerprint density at radius 3 is 2.36 bits per heavy atom. The van der Waals surface area contributed by atoms with Crippen molar-refractivity contribution >= 4 is 15.9 Å². The number of hydrogen-bond acceptors (Lipinski definition) is 0. The Labute approximate surface area is 78.9 Å². The van der Waals surface area contributed by atoms with Crippen LogP contribution < -0.4 is 0 Å². The van der Waals surface area contributed by atoms with Gasteiger partial charge in [0.1, 0.15) is 0 Å². The fourth-order valence-corrected chi connectivity index (χ4v) is 3.60. The summed E-state index contributed by atoms with van der Waals surface area (Å²) in [6.45, 7) is 7.05. The summed E-state index contributed by atoms with van der Waals surface area (Å²) in [5, 5.41) is 0. The topological polar surface area (TPSA) is 0 Å². The van der Waals surface area contributed by atoms with E-state index in [1.165, 1.54) is 19.3 Å². The molecule has 0 aliphatic heterocycles. The molecule has 0 spiro atoms. The molecule has 0 radical (unpaired) electrons. The Morgan fingerprint density at radius 1 is 1.27 bits per heavy atom. The van der Waals surface area contributed by atoms with Crippen LogP contribution in [0.1, 0.15) is 40.0 Å². The van der Waals surface area contributed by atoms with E-state index in [9.17, 15) is 0 Å². The fourth-order valence-electron chi connectivity index (χ4n) is 2.09. The normalized spacial score (nSPS) is 39.5. The van der Waals surface area contributed by atoms with E-state index in [1.54, 1.807) is 0 Å². The fraction of sp³-hybridized carbons (Fsp3) is 1.00. The highest BCUT2D eigenvalue weighted by Gasteiger charge is 2.28. The van der Waals surface area contributed by atoms with Crippen LogP contribution in [-0.4, -0.2) is 4.83 Å². The first-order valence-electron chi connectivity index (χ1n) is 4.75. The predicted molar refractivity (Wildman–Crippen MR) is 54.1 cm³/mol. The highest BCUT2D eigenvalue weighted by Crippen LogP contribution is 2.37. The van der Waals surface area contributed by atoms with E-state index in [2.05, 4.69) is 36.7 Å². The molecule has 0 bridgehead atoms. The van der Waals surface area contributed by atoms with Gasteiger partial charge in [-0.1, -0.05) is 43.1 Å². The SMILES string of the molecule is CC(C)[C@H]1CC[C@H](C)C[C@@H]1Br. The first kappa shape index (κ1) is 9.57. The molecule has 1 aliphatic carbocycles. The third kappa shape index (κ3) is 2.47. The summed E-state index contributed by atoms with van der Waals surface area (Å²) in [6, 6.07) is 0. The quantitative estimate of drug-likeness (QED) is 0.588. The van der Waals surface area contributed by atoms with Gasteiger partial charge in [-0.15, -0.1) is 0 Å². The summed E-state index contributed by atoms with van der Waals surface area (Å²) in [5.74, 6) is 2.72. The van der Waals surface area contributed by atoms with Crippen LogP contribution in [0.5, 0.6) is 0 Å². The molecule has 0 aromatic rings. The van der Waals surface area contributed by atoms with Crippen molar-refractivity contribution in [1.82, 2.24) is 0 Å². The van der Waals surface area contributed by atoms with Crippen LogP contribution >= 0.6 is 15.9 Å². The van der Waals surface area contributed by atoms with Gasteiger partial charge in [0.2, 0.25) is 0 Å². The molecule has 1 saturated carbocycles. The molecule has 0 amide bonds. The first-order valence-corrected chi connectivity index (χ1v) is 5.67. The van der Waals surface area contributed by atoms with E-state index < -0.39 is 0 Å². The van der Waals surface area contributed by atoms with Crippen molar-refractivity contribution in [2.24, 2.45) is 17.8 Å². The molecule has 0 N–H and O–H groups in total. The molecule has 3 atom stereocenters. The Kier molecular flexibility index (Phi) is 3.42. The van der Waals surface area contributed by atoms with Gasteiger partial charge in [0.05, 0.1) is 0 Å². The smallest absolute Gasteiger partial charge is 0.0179 e. The van der Waals surface area contributed by atoms with Crippen LogP contribution in [0.15, 0.2) is 0 Å². The highest BCUT2D eigenvalue weighted by atomic mass is 79.9. The maximum absolute atomic E-state index is 3.80. The van der Waals surface area contributed by atoms with Crippen molar-refractivity contribution in [2.45, 2.75) is 44.9 Å². The van der Waals surface area contributed by atoms with E-state index >= 15 is 0 Å². The Morgan fingerprint density at radius 2 is 1.91 bits per heavy atom. The average molecular weight is 219 g/mol. The number of hydrogen-bond donors (Lipinski definition) is 0. The van der Waals surface area contributed by atoms with E-state index in [-0.39, 0.29) is 0 Å². The van der Waals surface area contributed by atoms with Crippen molar-refractivity contribution < 1.29 is 0 Å². The van der Waals surface area contributed by atoms with Gasteiger partial charge in [0.25, 0.3) is 0 Å². The summed E-state index contributed by atoms with van der Waals surface area (Å²) in [7, 11) is 0. The molecule has 0 heterocycles. The Balaban J connectivity index is 2.44. The summed E-state index contributed by atoms with van der Waals surface area (Å²) >= 11 is 3.80. The minimum atomic E-state index is 0.784. The minimum absolute atomic E-state index is 0.784. The summed E-state index contributed by atoms with van der Waals surface area (Å²) in [4.78, 5) is 0.784. The third-order valence-corrected chi connectivity index (χ3v) is 3.99. The second-order valence-corrected chi connectivity index (χ2v) is 5.52. The van der Waals surface area contributed by atoms with Gasteiger partial charge in [0.15, 0.2) is 0 Å². The molecule has 0 aromatic carbocycles. The monoisotopic (exact) mass is 218 g/mol. The molecule has 1 aliphatic rings. The largest absolute Gasteiger partial charge is 0.0887 e. The lowest BCUT2D eigenvalue weighted by Gasteiger charge is -2.33. The van der Waals surface area contributed by atoms with Crippen LogP contribution in [0.4, 0.5) is 0 Å². The van der Waals surface area contributed by atoms with Crippen LogP contribution in [0.25, 0.3) is 0 Å². The second-order valence-electron chi connectivity index (χ2n) is 4.34. The maximum Gasteiger partial charge on any atom is 0.0179 e. The summed E-state index contributed by atoms with van der Waals surface area (Å²) in [6.07, 6.45) is 4.24. The molecule has 0 aromatic heterocycles. The molecule has 1 rings (SSSR count). The van der Waals surface area contributed by atoms with E-state index in [0.29, 0.717) is 0 Å². The van der Waals surface area contributed by atoms with Gasteiger partial charge >= 0.3 is 0 Å². The zero-order chi connectivity index (χ0) is 8.43. The molecule has 66 valence electrons. The third-order valence-electron chi connectivity index (χ3n) is 2.94. The predicted octanol–water partition coefficient (Wildman–Crippen LogP) is 3.84. The lowest BCUT2D eigenvalue weighted by atomic mass is 9.77. The van der Waals surface area contributed by atoms with Crippen LogP contribution in [0.3, 0.4) is 0 Å². The van der Waals surface area contributed by atoms with Crippen molar-refractivity contribution in [1.29, 1.82) is 0 Å². The second kappa shape index (κ2) is 3.93. The molecule has 1 heteroatoms. The molecule has 0 unspecified atom stereocenters. The van der Waals surface area contributed by atoms with Gasteiger partial charge in [-0.05, 0) is 30.6 Å². The maximum atomic E-state index is 3.80. The first-order chi connectivity index (χ1) is 5.11. The minimum Gasteiger partial charge on any atom is -0.0887 e. The van der Waals surface area contributed by atoms with Gasteiger partial charge in [0, 0.05) is 4.83 Å². The zero-order valence-corrected chi connectivity index (χ0v) is 9.39. The van der Waals surface area contributed by atoms with Crippen molar-refractivity contribution in [3.8, 4) is 0 Å². The van der Waals surface area contributed by atoms with Gasteiger partial charge in [-0.25, -0.2) is 0 Å². The average Bonchev–Trinajstić information content (AvgIpc) is 1.85. The molecule has 1 fully saturated rings. The van der Waals surface area contributed by atoms with Crippen LogP contribution in [0.2, 0.25) is 0 Å². The Bertz CT molecular complexity index is 120.